The summed E-state index contributed by atoms with van der Waals surface area (Å²) in [4.78, 5) is 15.4. The van der Waals surface area contributed by atoms with Crippen LogP contribution in [-0.2, 0) is 17.1 Å². The van der Waals surface area contributed by atoms with Gasteiger partial charge in [-0.2, -0.15) is 26.3 Å². The maximum absolute atomic E-state index is 13.1. The topological polar surface area (TPSA) is 84.9 Å². The molecule has 1 saturated heterocycles. The van der Waals surface area contributed by atoms with Crippen LogP contribution in [-0.4, -0.2) is 39.2 Å². The number of hydrogen-bond acceptors (Lipinski definition) is 7. The van der Waals surface area contributed by atoms with Gasteiger partial charge in [0.25, 0.3) is 0 Å². The molecule has 180 valence electrons. The molecule has 0 radical (unpaired) electrons. The van der Waals surface area contributed by atoms with Crippen LogP contribution in [0, 0.1) is 0 Å². The third kappa shape index (κ3) is 5.90. The summed E-state index contributed by atoms with van der Waals surface area (Å²) >= 11 is 0. The zero-order chi connectivity index (χ0) is 24.3. The first-order chi connectivity index (χ1) is 16.1. The Hall–Kier alpha value is -3.48. The molecule has 3 aromatic rings. The normalized spacial score (nSPS) is 15.2. The first-order valence-corrected chi connectivity index (χ1v) is 10.2. The lowest BCUT2D eigenvalue weighted by Gasteiger charge is -2.24. The van der Waals surface area contributed by atoms with E-state index in [1.54, 1.807) is 0 Å². The molecule has 13 heteroatoms. The van der Waals surface area contributed by atoms with Crippen molar-refractivity contribution in [2.45, 2.75) is 31.2 Å². The number of hydrogen-bond donors (Lipinski definition) is 2. The first-order valence-electron chi connectivity index (χ1n) is 10.2. The highest BCUT2D eigenvalue weighted by Gasteiger charge is 2.33. The van der Waals surface area contributed by atoms with Crippen LogP contribution in [0.4, 0.5) is 43.7 Å². The first kappa shape index (κ1) is 23.7. The lowest BCUT2D eigenvalue weighted by Crippen LogP contribution is -2.28. The van der Waals surface area contributed by atoms with E-state index < -0.39 is 23.7 Å². The highest BCUT2D eigenvalue weighted by Crippen LogP contribution is 2.31. The summed E-state index contributed by atoms with van der Waals surface area (Å²) in [5.74, 6) is 0.220. The van der Waals surface area contributed by atoms with Crippen LogP contribution >= 0.6 is 0 Å². The van der Waals surface area contributed by atoms with Gasteiger partial charge in [-0.25, -0.2) is 15.0 Å². The van der Waals surface area contributed by atoms with Crippen LogP contribution in [0.3, 0.4) is 0 Å². The van der Waals surface area contributed by atoms with E-state index in [0.717, 1.165) is 18.3 Å². The number of nitrogens with one attached hydrogen (secondary N) is 2. The van der Waals surface area contributed by atoms with Gasteiger partial charge in [-0.3, -0.25) is 4.98 Å². The molecule has 1 fully saturated rings. The number of aromatic nitrogens is 4. The summed E-state index contributed by atoms with van der Waals surface area (Å²) in [5, 5.41) is 5.93. The summed E-state index contributed by atoms with van der Waals surface area (Å²) in [6.07, 6.45) is -6.96. The predicted octanol–water partition coefficient (Wildman–Crippen LogP) is 5.31. The molecular weight excluding hydrogens is 466 g/mol. The minimum Gasteiger partial charge on any atom is -0.381 e. The van der Waals surface area contributed by atoms with Crippen molar-refractivity contribution in [3.63, 3.8) is 0 Å². The number of halogens is 6. The van der Waals surface area contributed by atoms with Gasteiger partial charge in [0, 0.05) is 37.2 Å². The Balaban J connectivity index is 1.70. The number of pyridine rings is 2. The fourth-order valence-electron chi connectivity index (χ4n) is 3.28. The second-order valence-electron chi connectivity index (χ2n) is 7.45. The average Bonchev–Trinajstić information content (AvgIpc) is 2.79. The highest BCUT2D eigenvalue weighted by molar-refractivity contribution is 5.64. The fraction of sp³-hybridized carbons (Fsp3) is 0.333. The zero-order valence-electron chi connectivity index (χ0n) is 17.4. The van der Waals surface area contributed by atoms with Crippen LogP contribution in [0.15, 0.2) is 42.6 Å². The molecule has 0 aliphatic carbocycles. The van der Waals surface area contributed by atoms with Crippen molar-refractivity contribution in [1.29, 1.82) is 0 Å². The second kappa shape index (κ2) is 9.41. The number of anilines is 3. The molecule has 0 bridgehead atoms. The van der Waals surface area contributed by atoms with E-state index in [1.165, 1.54) is 24.3 Å². The zero-order valence-corrected chi connectivity index (χ0v) is 17.4. The molecule has 0 saturated carbocycles. The Morgan fingerprint density at radius 3 is 2.24 bits per heavy atom. The fourth-order valence-corrected chi connectivity index (χ4v) is 3.28. The summed E-state index contributed by atoms with van der Waals surface area (Å²) < 4.78 is 83.8. The molecule has 0 amide bonds. The van der Waals surface area contributed by atoms with Crippen LogP contribution in [0.25, 0.3) is 11.5 Å². The number of nitrogens with zero attached hydrogens (tertiary/aromatic N) is 4. The molecular formula is C21H18F6N6O. The summed E-state index contributed by atoms with van der Waals surface area (Å²) in [6, 6.07) is 6.89. The van der Waals surface area contributed by atoms with Gasteiger partial charge in [0.1, 0.15) is 28.7 Å². The van der Waals surface area contributed by atoms with Crippen LogP contribution in [0.1, 0.15) is 24.2 Å². The third-order valence-corrected chi connectivity index (χ3v) is 4.89. The van der Waals surface area contributed by atoms with Gasteiger partial charge in [0.15, 0.2) is 5.82 Å². The van der Waals surface area contributed by atoms with Crippen LogP contribution < -0.4 is 10.6 Å². The monoisotopic (exact) mass is 484 g/mol. The molecule has 2 N–H and O–H groups in total. The van der Waals surface area contributed by atoms with Crippen molar-refractivity contribution >= 4 is 17.3 Å². The maximum Gasteiger partial charge on any atom is 0.433 e. The molecule has 7 nitrogen and oxygen atoms in total. The van der Waals surface area contributed by atoms with E-state index in [4.69, 9.17) is 4.74 Å². The van der Waals surface area contributed by atoms with Gasteiger partial charge >= 0.3 is 12.4 Å². The van der Waals surface area contributed by atoms with Crippen molar-refractivity contribution in [2.75, 3.05) is 23.8 Å². The molecule has 34 heavy (non-hydrogen) atoms. The Morgan fingerprint density at radius 2 is 1.53 bits per heavy atom. The Kier molecular flexibility index (Phi) is 6.55. The SMILES string of the molecule is FC(F)(F)c1cc(Nc2cc(NC3CCOCC3)nc(-c3cccc(C(F)(F)F)n3)n2)ccn1. The van der Waals surface area contributed by atoms with E-state index in [0.29, 0.717) is 26.1 Å². The minimum absolute atomic E-state index is 0.00317. The summed E-state index contributed by atoms with van der Waals surface area (Å²) in [5.41, 5.74) is -2.32. The second-order valence-corrected chi connectivity index (χ2v) is 7.45. The molecule has 1 aliphatic rings. The molecule has 3 aromatic heterocycles. The van der Waals surface area contributed by atoms with Gasteiger partial charge in [0.05, 0.1) is 0 Å². The molecule has 0 unspecified atom stereocenters. The van der Waals surface area contributed by atoms with Gasteiger partial charge in [-0.1, -0.05) is 6.07 Å². The van der Waals surface area contributed by atoms with Gasteiger partial charge in [0.2, 0.25) is 0 Å². The van der Waals surface area contributed by atoms with Crippen molar-refractivity contribution < 1.29 is 31.1 Å². The van der Waals surface area contributed by atoms with Crippen LogP contribution in [0.5, 0.6) is 0 Å². The minimum atomic E-state index is -4.67. The van der Waals surface area contributed by atoms with Crippen molar-refractivity contribution in [3.05, 3.63) is 54.0 Å². The molecule has 1 aliphatic heterocycles. The van der Waals surface area contributed by atoms with Gasteiger partial charge in [-0.15, -0.1) is 0 Å². The van der Waals surface area contributed by atoms with E-state index in [2.05, 4.69) is 30.6 Å². The Morgan fingerprint density at radius 1 is 0.824 bits per heavy atom. The lowest BCUT2D eigenvalue weighted by atomic mass is 10.1. The molecule has 0 spiro atoms. The molecule has 4 heterocycles. The van der Waals surface area contributed by atoms with E-state index >= 15 is 0 Å². The number of ether oxygens (including phenoxy) is 1. The van der Waals surface area contributed by atoms with E-state index in [-0.39, 0.29) is 34.9 Å². The van der Waals surface area contributed by atoms with Crippen molar-refractivity contribution in [3.8, 4) is 11.5 Å². The van der Waals surface area contributed by atoms with Gasteiger partial charge in [-0.05, 0) is 37.1 Å². The molecule has 4 rings (SSSR count). The summed E-state index contributed by atoms with van der Waals surface area (Å²) in [6.45, 7) is 1.07. The van der Waals surface area contributed by atoms with Crippen LogP contribution in [0.2, 0.25) is 0 Å². The maximum atomic E-state index is 13.1. The predicted molar refractivity (Wildman–Crippen MR) is 110 cm³/mol. The summed E-state index contributed by atoms with van der Waals surface area (Å²) in [7, 11) is 0. The molecule has 0 aromatic carbocycles. The largest absolute Gasteiger partial charge is 0.433 e. The third-order valence-electron chi connectivity index (χ3n) is 4.89. The van der Waals surface area contributed by atoms with Crippen molar-refractivity contribution in [2.24, 2.45) is 0 Å². The number of rotatable bonds is 5. The molecule has 0 atom stereocenters. The van der Waals surface area contributed by atoms with Gasteiger partial charge < -0.3 is 15.4 Å². The standard InChI is InChI=1S/C21H18F6N6O/c22-20(23,24)15-3-1-2-14(31-15)19-32-17(29-12-5-8-34-9-6-12)11-18(33-19)30-13-4-7-28-16(10-13)21(25,26)27/h1-4,7,10-12H,5-6,8-9H2,(H2,28,29,30,32,33). The smallest absolute Gasteiger partial charge is 0.381 e. The quantitative estimate of drug-likeness (QED) is 0.475. The Labute approximate surface area is 189 Å². The van der Waals surface area contributed by atoms with E-state index in [1.807, 2.05) is 0 Å². The average molecular weight is 484 g/mol. The number of alkyl halides is 6. The van der Waals surface area contributed by atoms with Crippen molar-refractivity contribution in [1.82, 2.24) is 19.9 Å². The van der Waals surface area contributed by atoms with E-state index in [9.17, 15) is 26.3 Å². The highest BCUT2D eigenvalue weighted by atomic mass is 19.4. The Bertz CT molecular complexity index is 1150. The lowest BCUT2D eigenvalue weighted by molar-refractivity contribution is -0.141.